The zero-order valence-corrected chi connectivity index (χ0v) is 8.82. The largest absolute Gasteiger partial charge is 0.329 e. The summed E-state index contributed by atoms with van der Waals surface area (Å²) in [6.45, 7) is 2.30. The molecule has 0 spiro atoms. The van der Waals surface area contributed by atoms with Crippen LogP contribution in [-0.4, -0.2) is 24.0 Å². The Morgan fingerprint density at radius 2 is 2.13 bits per heavy atom. The third-order valence-corrected chi connectivity index (χ3v) is 3.03. The van der Waals surface area contributed by atoms with Crippen molar-refractivity contribution in [3.05, 3.63) is 35.4 Å². The molecule has 1 aromatic rings. The van der Waals surface area contributed by atoms with Crippen molar-refractivity contribution in [2.75, 3.05) is 13.1 Å². The number of nitrogens with zero attached hydrogens (tertiary/aromatic N) is 1. The second-order valence-corrected chi connectivity index (χ2v) is 3.97. The van der Waals surface area contributed by atoms with E-state index in [-0.39, 0.29) is 0 Å². The molecule has 78 valence electrons. The third kappa shape index (κ3) is 2.04. The van der Waals surface area contributed by atoms with Crippen molar-refractivity contribution in [1.29, 1.82) is 0 Å². The van der Waals surface area contributed by atoms with Gasteiger partial charge in [0.15, 0.2) is 0 Å². The Kier molecular flexibility index (Phi) is 3.05. The molecule has 1 aliphatic heterocycles. The van der Waals surface area contributed by atoms with Crippen LogP contribution in [0.4, 0.5) is 0 Å². The number of fused-ring (bicyclic) bond motifs is 1. The second-order valence-electron chi connectivity index (χ2n) is 3.97. The van der Waals surface area contributed by atoms with E-state index in [2.05, 4.69) is 35.1 Å². The van der Waals surface area contributed by atoms with Crippen LogP contribution in [0.5, 0.6) is 0 Å². The molecule has 2 nitrogen and oxygen atoms in total. The molecule has 2 heteroatoms. The molecule has 2 N–H and O–H groups in total. The fraction of sp³-hybridized carbons (Fsp3) is 0.385. The van der Waals surface area contributed by atoms with E-state index in [0.717, 1.165) is 13.0 Å². The molecule has 1 aliphatic rings. The van der Waals surface area contributed by atoms with Gasteiger partial charge in [-0.3, -0.25) is 4.90 Å². The lowest BCUT2D eigenvalue weighted by Crippen LogP contribution is -2.44. The number of nitrogens with two attached hydrogens (primary N) is 1. The van der Waals surface area contributed by atoms with Crippen molar-refractivity contribution in [3.63, 3.8) is 0 Å². The molecular weight excluding hydrogens is 184 g/mol. The van der Waals surface area contributed by atoms with Crippen molar-refractivity contribution in [2.45, 2.75) is 19.0 Å². The monoisotopic (exact) mass is 200 g/mol. The normalized spacial score (nSPS) is 20.7. The zero-order valence-electron chi connectivity index (χ0n) is 8.82. The molecule has 1 heterocycles. The summed E-state index contributed by atoms with van der Waals surface area (Å²) in [6, 6.07) is 8.92. The van der Waals surface area contributed by atoms with Crippen molar-refractivity contribution >= 4 is 0 Å². The number of rotatable bonds is 2. The van der Waals surface area contributed by atoms with E-state index in [1.165, 1.54) is 11.1 Å². The van der Waals surface area contributed by atoms with E-state index in [9.17, 15) is 0 Å². The van der Waals surface area contributed by atoms with Gasteiger partial charge in [0.2, 0.25) is 0 Å². The molecule has 0 amide bonds. The Bertz CT molecular complexity index is 378. The lowest BCUT2D eigenvalue weighted by Gasteiger charge is -2.34. The summed E-state index contributed by atoms with van der Waals surface area (Å²) in [6.07, 6.45) is 6.39. The maximum absolute atomic E-state index is 5.77. The van der Waals surface area contributed by atoms with E-state index in [1.807, 2.05) is 0 Å². The predicted molar refractivity (Wildman–Crippen MR) is 62.2 cm³/mol. The van der Waals surface area contributed by atoms with Gasteiger partial charge in [-0.05, 0) is 17.5 Å². The van der Waals surface area contributed by atoms with Crippen LogP contribution in [0.25, 0.3) is 0 Å². The summed E-state index contributed by atoms with van der Waals surface area (Å²) in [5.74, 6) is 2.70. The minimum Gasteiger partial charge on any atom is -0.329 e. The Labute approximate surface area is 91.1 Å². The molecule has 0 bridgehead atoms. The number of terminal acetylenes is 1. The van der Waals surface area contributed by atoms with Crippen LogP contribution in [0.15, 0.2) is 24.3 Å². The average molecular weight is 200 g/mol. The highest BCUT2D eigenvalue weighted by atomic mass is 15.2. The Morgan fingerprint density at radius 3 is 2.80 bits per heavy atom. The van der Waals surface area contributed by atoms with Gasteiger partial charge in [0.1, 0.15) is 0 Å². The molecule has 1 atom stereocenters. The van der Waals surface area contributed by atoms with Crippen LogP contribution in [0.1, 0.15) is 11.1 Å². The number of hydrogen-bond acceptors (Lipinski definition) is 2. The summed E-state index contributed by atoms with van der Waals surface area (Å²) in [4.78, 5) is 2.28. The van der Waals surface area contributed by atoms with Gasteiger partial charge < -0.3 is 5.73 Å². The van der Waals surface area contributed by atoms with Gasteiger partial charge in [-0.1, -0.05) is 30.2 Å². The summed E-state index contributed by atoms with van der Waals surface area (Å²) in [5.41, 5.74) is 8.58. The molecular formula is C13H16N2. The van der Waals surface area contributed by atoms with E-state index in [4.69, 9.17) is 12.2 Å². The molecule has 0 aromatic heterocycles. The smallest absolute Gasteiger partial charge is 0.0605 e. The van der Waals surface area contributed by atoms with Crippen LogP contribution >= 0.6 is 0 Å². The quantitative estimate of drug-likeness (QED) is 0.722. The van der Waals surface area contributed by atoms with E-state index >= 15 is 0 Å². The van der Waals surface area contributed by atoms with E-state index in [0.29, 0.717) is 19.1 Å². The molecule has 2 rings (SSSR count). The minimum atomic E-state index is 0.399. The lowest BCUT2D eigenvalue weighted by molar-refractivity contribution is 0.199. The zero-order chi connectivity index (χ0) is 10.7. The SMILES string of the molecule is C#CCN1Cc2ccccc2CC1CN. The van der Waals surface area contributed by atoms with Crippen LogP contribution in [0.3, 0.4) is 0 Å². The predicted octanol–water partition coefficient (Wildman–Crippen LogP) is 1.01. The maximum atomic E-state index is 5.77. The van der Waals surface area contributed by atoms with Gasteiger partial charge in [-0.15, -0.1) is 6.42 Å². The first kappa shape index (κ1) is 10.2. The standard InChI is InChI=1S/C13H16N2/c1-2-7-15-10-12-6-4-3-5-11(12)8-13(15)9-14/h1,3-6,13H,7-10,14H2. The molecule has 1 aromatic carbocycles. The van der Waals surface area contributed by atoms with Crippen LogP contribution in [-0.2, 0) is 13.0 Å². The highest BCUT2D eigenvalue weighted by molar-refractivity contribution is 5.30. The van der Waals surface area contributed by atoms with Gasteiger partial charge in [-0.25, -0.2) is 0 Å². The van der Waals surface area contributed by atoms with Crippen LogP contribution in [0.2, 0.25) is 0 Å². The first-order valence-electron chi connectivity index (χ1n) is 5.29. The Hall–Kier alpha value is -1.30. The first-order valence-corrected chi connectivity index (χ1v) is 5.29. The van der Waals surface area contributed by atoms with Crippen molar-refractivity contribution in [2.24, 2.45) is 5.73 Å². The second kappa shape index (κ2) is 4.48. The molecule has 1 unspecified atom stereocenters. The lowest BCUT2D eigenvalue weighted by atomic mass is 9.94. The minimum absolute atomic E-state index is 0.399. The Morgan fingerprint density at radius 1 is 1.40 bits per heavy atom. The molecule has 0 saturated heterocycles. The maximum Gasteiger partial charge on any atom is 0.0605 e. The molecule has 0 saturated carbocycles. The van der Waals surface area contributed by atoms with E-state index < -0.39 is 0 Å². The van der Waals surface area contributed by atoms with Gasteiger partial charge in [0.25, 0.3) is 0 Å². The molecule has 15 heavy (non-hydrogen) atoms. The first-order chi connectivity index (χ1) is 7.35. The summed E-state index contributed by atoms with van der Waals surface area (Å²) in [5, 5.41) is 0. The van der Waals surface area contributed by atoms with Crippen molar-refractivity contribution in [1.82, 2.24) is 4.90 Å². The van der Waals surface area contributed by atoms with Crippen LogP contribution in [0, 0.1) is 12.3 Å². The van der Waals surface area contributed by atoms with Gasteiger partial charge in [0.05, 0.1) is 6.54 Å². The van der Waals surface area contributed by atoms with Crippen LogP contribution < -0.4 is 5.73 Å². The van der Waals surface area contributed by atoms with Gasteiger partial charge >= 0.3 is 0 Å². The summed E-state index contributed by atoms with van der Waals surface area (Å²) >= 11 is 0. The number of benzene rings is 1. The topological polar surface area (TPSA) is 29.3 Å². The number of hydrogen-bond donors (Lipinski definition) is 1. The van der Waals surface area contributed by atoms with Gasteiger partial charge in [-0.2, -0.15) is 0 Å². The fourth-order valence-electron chi connectivity index (χ4n) is 2.18. The molecule has 0 fully saturated rings. The summed E-state index contributed by atoms with van der Waals surface area (Å²) in [7, 11) is 0. The highest BCUT2D eigenvalue weighted by Crippen LogP contribution is 2.22. The van der Waals surface area contributed by atoms with Crippen molar-refractivity contribution in [3.8, 4) is 12.3 Å². The van der Waals surface area contributed by atoms with Crippen molar-refractivity contribution < 1.29 is 0 Å². The average Bonchev–Trinajstić information content (AvgIpc) is 2.28. The molecule has 0 aliphatic carbocycles. The third-order valence-electron chi connectivity index (χ3n) is 3.03. The van der Waals surface area contributed by atoms with E-state index in [1.54, 1.807) is 0 Å². The summed E-state index contributed by atoms with van der Waals surface area (Å²) < 4.78 is 0. The highest BCUT2D eigenvalue weighted by Gasteiger charge is 2.23. The van der Waals surface area contributed by atoms with Gasteiger partial charge in [0, 0.05) is 19.1 Å². The molecule has 0 radical (unpaired) electrons. The fourth-order valence-corrected chi connectivity index (χ4v) is 2.18. The Balaban J connectivity index is 2.23.